The number of thiophene rings is 1. The van der Waals surface area contributed by atoms with Crippen LogP contribution in [-0.2, 0) is 6.54 Å². The summed E-state index contributed by atoms with van der Waals surface area (Å²) in [4.78, 5) is 3.43. The zero-order chi connectivity index (χ0) is 15.4. The Morgan fingerprint density at radius 3 is 2.55 bits per heavy atom. The molecule has 22 heavy (non-hydrogen) atoms. The van der Waals surface area contributed by atoms with Crippen molar-refractivity contribution in [1.82, 2.24) is 4.90 Å². The second-order valence-electron chi connectivity index (χ2n) is 6.09. The van der Waals surface area contributed by atoms with Gasteiger partial charge in [-0.1, -0.05) is 41.9 Å². The standard InChI is InChI=1S/C18H22ClNOS/c19-16-8-11-22-18(16)17(21)12-14-6-9-20(10-7-14)13-15-4-2-1-3-5-15/h1-5,8,11,14,17,21H,6-7,9-10,12-13H2. The van der Waals surface area contributed by atoms with E-state index in [0.29, 0.717) is 10.9 Å². The van der Waals surface area contributed by atoms with Crippen LogP contribution in [0.1, 0.15) is 35.8 Å². The fourth-order valence-electron chi connectivity index (χ4n) is 3.19. The minimum atomic E-state index is -0.404. The van der Waals surface area contributed by atoms with E-state index >= 15 is 0 Å². The van der Waals surface area contributed by atoms with Crippen molar-refractivity contribution >= 4 is 22.9 Å². The summed E-state index contributed by atoms with van der Waals surface area (Å²) in [6.07, 6.45) is 2.75. The quantitative estimate of drug-likeness (QED) is 0.853. The number of aliphatic hydroxyl groups is 1. The monoisotopic (exact) mass is 335 g/mol. The summed E-state index contributed by atoms with van der Waals surface area (Å²) in [5.74, 6) is 0.597. The zero-order valence-corrected chi connectivity index (χ0v) is 14.2. The van der Waals surface area contributed by atoms with E-state index in [4.69, 9.17) is 11.6 Å². The maximum atomic E-state index is 10.4. The first-order valence-corrected chi connectivity index (χ1v) is 9.15. The van der Waals surface area contributed by atoms with Crippen molar-refractivity contribution in [3.63, 3.8) is 0 Å². The highest BCUT2D eigenvalue weighted by Gasteiger charge is 2.23. The fourth-order valence-corrected chi connectivity index (χ4v) is 4.37. The number of halogens is 1. The molecule has 2 heterocycles. The topological polar surface area (TPSA) is 23.5 Å². The van der Waals surface area contributed by atoms with Gasteiger partial charge >= 0.3 is 0 Å². The van der Waals surface area contributed by atoms with E-state index in [1.807, 2.05) is 11.4 Å². The molecule has 4 heteroatoms. The number of hydrogen-bond donors (Lipinski definition) is 1. The van der Waals surface area contributed by atoms with Crippen molar-refractivity contribution in [2.75, 3.05) is 13.1 Å². The summed E-state index contributed by atoms with van der Waals surface area (Å²) in [5, 5.41) is 13.0. The van der Waals surface area contributed by atoms with Crippen molar-refractivity contribution in [2.45, 2.75) is 31.9 Å². The van der Waals surface area contributed by atoms with Gasteiger partial charge in [0.05, 0.1) is 16.0 Å². The molecule has 1 N–H and O–H groups in total. The van der Waals surface area contributed by atoms with Crippen molar-refractivity contribution in [3.05, 3.63) is 57.2 Å². The van der Waals surface area contributed by atoms with Crippen molar-refractivity contribution in [3.8, 4) is 0 Å². The molecule has 1 atom stereocenters. The molecule has 0 radical (unpaired) electrons. The molecule has 1 aliphatic heterocycles. The van der Waals surface area contributed by atoms with Crippen LogP contribution < -0.4 is 0 Å². The Bertz CT molecular complexity index is 578. The molecule has 0 saturated carbocycles. The highest BCUT2D eigenvalue weighted by Crippen LogP contribution is 2.34. The van der Waals surface area contributed by atoms with Gasteiger partial charge in [0, 0.05) is 6.54 Å². The molecule has 0 bridgehead atoms. The molecule has 1 fully saturated rings. The highest BCUT2D eigenvalue weighted by molar-refractivity contribution is 7.10. The van der Waals surface area contributed by atoms with Crippen LogP contribution in [0.15, 0.2) is 41.8 Å². The third-order valence-electron chi connectivity index (χ3n) is 4.46. The maximum absolute atomic E-state index is 10.4. The van der Waals surface area contributed by atoms with Gasteiger partial charge in [-0.2, -0.15) is 0 Å². The number of likely N-dealkylation sites (tertiary alicyclic amines) is 1. The summed E-state index contributed by atoms with van der Waals surface area (Å²) < 4.78 is 0. The van der Waals surface area contributed by atoms with Crippen molar-refractivity contribution in [2.24, 2.45) is 5.92 Å². The Morgan fingerprint density at radius 1 is 1.18 bits per heavy atom. The molecule has 2 nitrogen and oxygen atoms in total. The summed E-state index contributed by atoms with van der Waals surface area (Å²) in [7, 11) is 0. The summed E-state index contributed by atoms with van der Waals surface area (Å²) in [5.41, 5.74) is 1.38. The summed E-state index contributed by atoms with van der Waals surface area (Å²) >= 11 is 7.66. The molecule has 0 spiro atoms. The van der Waals surface area contributed by atoms with Crippen LogP contribution in [-0.4, -0.2) is 23.1 Å². The number of benzene rings is 1. The third-order valence-corrected chi connectivity index (χ3v) is 5.92. The fraction of sp³-hybridized carbons (Fsp3) is 0.444. The SMILES string of the molecule is OC(CC1CCN(Cc2ccccc2)CC1)c1sccc1Cl. The summed E-state index contributed by atoms with van der Waals surface area (Å²) in [6.45, 7) is 3.27. The minimum Gasteiger partial charge on any atom is -0.388 e. The Kier molecular flexibility index (Phi) is 5.53. The van der Waals surface area contributed by atoms with Gasteiger partial charge in [0.2, 0.25) is 0 Å². The number of rotatable bonds is 5. The predicted octanol–water partition coefficient (Wildman–Crippen LogP) is 4.74. The van der Waals surface area contributed by atoms with Gasteiger partial charge in [-0.3, -0.25) is 4.90 Å². The molecule has 1 saturated heterocycles. The first kappa shape index (κ1) is 16.0. The van der Waals surface area contributed by atoms with E-state index in [1.165, 1.54) is 5.56 Å². The van der Waals surface area contributed by atoms with Gasteiger partial charge < -0.3 is 5.11 Å². The van der Waals surface area contributed by atoms with Gasteiger partial charge in [0.25, 0.3) is 0 Å². The van der Waals surface area contributed by atoms with Crippen LogP contribution in [0.3, 0.4) is 0 Å². The summed E-state index contributed by atoms with van der Waals surface area (Å²) in [6, 6.07) is 12.5. The molecule has 2 aromatic rings. The first-order valence-electron chi connectivity index (χ1n) is 7.89. The second-order valence-corrected chi connectivity index (χ2v) is 7.44. The van der Waals surface area contributed by atoms with Gasteiger partial charge in [-0.15, -0.1) is 11.3 Å². The predicted molar refractivity (Wildman–Crippen MR) is 93.3 cm³/mol. The highest BCUT2D eigenvalue weighted by atomic mass is 35.5. The molecule has 3 rings (SSSR count). The third kappa shape index (κ3) is 4.11. The first-order chi connectivity index (χ1) is 10.7. The lowest BCUT2D eigenvalue weighted by Gasteiger charge is -2.32. The van der Waals surface area contributed by atoms with Crippen LogP contribution in [0.4, 0.5) is 0 Å². The zero-order valence-electron chi connectivity index (χ0n) is 12.6. The molecule has 1 aromatic heterocycles. The Balaban J connectivity index is 1.47. The van der Waals surface area contributed by atoms with E-state index < -0.39 is 6.10 Å². The number of hydrogen-bond acceptors (Lipinski definition) is 3. The molecule has 1 aliphatic rings. The Morgan fingerprint density at radius 2 is 1.91 bits per heavy atom. The molecule has 0 aliphatic carbocycles. The molecule has 1 aromatic carbocycles. The van der Waals surface area contributed by atoms with Crippen LogP contribution in [0.25, 0.3) is 0 Å². The largest absolute Gasteiger partial charge is 0.388 e. The van der Waals surface area contributed by atoms with Gasteiger partial charge in [-0.25, -0.2) is 0 Å². The molecule has 1 unspecified atom stereocenters. The Hall–Kier alpha value is -0.870. The normalized spacial score (nSPS) is 18.5. The van der Waals surface area contributed by atoms with Gasteiger partial charge in [0.15, 0.2) is 0 Å². The molecule has 0 amide bonds. The number of piperidine rings is 1. The van der Waals surface area contributed by atoms with Gasteiger partial charge in [0.1, 0.15) is 0 Å². The van der Waals surface area contributed by atoms with Crippen LogP contribution in [0.5, 0.6) is 0 Å². The lowest BCUT2D eigenvalue weighted by Crippen LogP contribution is -2.33. The van der Waals surface area contributed by atoms with E-state index in [0.717, 1.165) is 43.8 Å². The number of aliphatic hydroxyl groups excluding tert-OH is 1. The molecule has 118 valence electrons. The van der Waals surface area contributed by atoms with Crippen LogP contribution >= 0.6 is 22.9 Å². The van der Waals surface area contributed by atoms with Gasteiger partial charge in [-0.05, 0) is 55.3 Å². The van der Waals surface area contributed by atoms with E-state index in [1.54, 1.807) is 11.3 Å². The van der Waals surface area contributed by atoms with E-state index in [-0.39, 0.29) is 0 Å². The molecular weight excluding hydrogens is 314 g/mol. The van der Waals surface area contributed by atoms with Crippen LogP contribution in [0.2, 0.25) is 5.02 Å². The lowest BCUT2D eigenvalue weighted by molar-refractivity contribution is 0.108. The van der Waals surface area contributed by atoms with Crippen molar-refractivity contribution in [1.29, 1.82) is 0 Å². The van der Waals surface area contributed by atoms with E-state index in [9.17, 15) is 5.11 Å². The number of nitrogens with zero attached hydrogens (tertiary/aromatic N) is 1. The van der Waals surface area contributed by atoms with E-state index in [2.05, 4.69) is 35.2 Å². The average molecular weight is 336 g/mol. The van der Waals surface area contributed by atoms with Crippen LogP contribution in [0, 0.1) is 5.92 Å². The maximum Gasteiger partial charge on any atom is 0.0899 e. The van der Waals surface area contributed by atoms with Crippen molar-refractivity contribution < 1.29 is 5.11 Å². The average Bonchev–Trinajstić information content (AvgIpc) is 2.96. The molecular formula is C18H22ClNOS. The lowest BCUT2D eigenvalue weighted by atomic mass is 9.90. The smallest absolute Gasteiger partial charge is 0.0899 e. The Labute approximate surface area is 141 Å². The minimum absolute atomic E-state index is 0.404. The second kappa shape index (κ2) is 7.60.